The number of nitrogens with zero attached hydrogens (tertiary/aromatic N) is 1. The van der Waals surface area contributed by atoms with Crippen LogP contribution in [0, 0.1) is 4.91 Å². The van der Waals surface area contributed by atoms with Crippen LogP contribution in [-0.4, -0.2) is 21.9 Å². The van der Waals surface area contributed by atoms with Gasteiger partial charge in [0, 0.05) is 0 Å². The SMILES string of the molecule is O=N[O][In]1[CH]=CC=[CH]1. The quantitative estimate of drug-likeness (QED) is 0.504. The van der Waals surface area contributed by atoms with Crippen molar-refractivity contribution in [2.45, 2.75) is 0 Å². The van der Waals surface area contributed by atoms with Gasteiger partial charge in [-0.15, -0.1) is 0 Å². The maximum atomic E-state index is 9.47. The molecule has 0 aliphatic carbocycles. The molecule has 0 saturated carbocycles. The molecule has 3 nitrogen and oxygen atoms in total. The first kappa shape index (κ1) is 5.88. The Kier molecular flexibility index (Phi) is 2.14. The Morgan fingerprint density at radius 1 is 1.38 bits per heavy atom. The third kappa shape index (κ3) is 1.36. The fraction of sp³-hybridized carbons (Fsp3) is 0. The Hall–Kier alpha value is -0.250. The zero-order valence-corrected chi connectivity index (χ0v) is 7.45. The summed E-state index contributed by atoms with van der Waals surface area (Å²) in [5.41, 5.74) is 0. The summed E-state index contributed by atoms with van der Waals surface area (Å²) in [7, 11) is 0. The third-order valence-electron chi connectivity index (χ3n) is 0.877. The van der Waals surface area contributed by atoms with Crippen molar-refractivity contribution >= 4 is 21.9 Å². The molecule has 40 valence electrons. The molecule has 0 N–H and O–H groups in total. The molecule has 0 unspecified atom stereocenters. The van der Waals surface area contributed by atoms with Crippen molar-refractivity contribution in [2.24, 2.45) is 5.34 Å². The van der Waals surface area contributed by atoms with E-state index < -0.39 is 21.9 Å². The minimum absolute atomic E-state index is 1.89. The molecule has 0 aromatic carbocycles. The van der Waals surface area contributed by atoms with E-state index in [0.717, 1.165) is 0 Å². The summed E-state index contributed by atoms with van der Waals surface area (Å²) in [4.78, 5) is 9.47. The zero-order valence-electron chi connectivity index (χ0n) is 4.15. The van der Waals surface area contributed by atoms with Crippen LogP contribution >= 0.6 is 0 Å². The summed E-state index contributed by atoms with van der Waals surface area (Å²) in [6.45, 7) is 0. The van der Waals surface area contributed by atoms with Gasteiger partial charge < -0.3 is 0 Å². The van der Waals surface area contributed by atoms with Gasteiger partial charge in [-0.1, -0.05) is 0 Å². The van der Waals surface area contributed by atoms with E-state index in [1.54, 1.807) is 0 Å². The van der Waals surface area contributed by atoms with E-state index in [4.69, 9.17) is 0 Å². The van der Waals surface area contributed by atoms with Gasteiger partial charge in [-0.2, -0.15) is 0 Å². The van der Waals surface area contributed by atoms with Crippen LogP contribution in [0.15, 0.2) is 25.2 Å². The van der Waals surface area contributed by atoms with Gasteiger partial charge in [-0.3, -0.25) is 0 Å². The Bertz CT molecular complexity index is 131. The topological polar surface area (TPSA) is 38.7 Å². The van der Waals surface area contributed by atoms with E-state index in [-0.39, 0.29) is 0 Å². The van der Waals surface area contributed by atoms with Gasteiger partial charge in [-0.05, 0) is 0 Å². The monoisotopic (exact) mass is 213 g/mol. The van der Waals surface area contributed by atoms with Crippen LogP contribution in [0.4, 0.5) is 0 Å². The Morgan fingerprint density at radius 3 is 2.50 bits per heavy atom. The molecule has 0 bridgehead atoms. The molecular formula is C4H4InNO2. The maximum absolute atomic E-state index is 9.47. The van der Waals surface area contributed by atoms with Gasteiger partial charge in [0.1, 0.15) is 0 Å². The molecule has 0 amide bonds. The third-order valence-corrected chi connectivity index (χ3v) is 5.25. The van der Waals surface area contributed by atoms with Crippen molar-refractivity contribution < 1.29 is 2.96 Å². The van der Waals surface area contributed by atoms with Crippen LogP contribution in [0.1, 0.15) is 0 Å². The van der Waals surface area contributed by atoms with Gasteiger partial charge in [0.05, 0.1) is 0 Å². The molecule has 0 spiro atoms. The van der Waals surface area contributed by atoms with E-state index in [9.17, 15) is 4.91 Å². The van der Waals surface area contributed by atoms with Crippen molar-refractivity contribution in [2.75, 3.05) is 0 Å². The fourth-order valence-electron chi connectivity index (χ4n) is 0.531. The van der Waals surface area contributed by atoms with Crippen LogP contribution in [0.3, 0.4) is 0 Å². The Morgan fingerprint density at radius 2 is 2.00 bits per heavy atom. The van der Waals surface area contributed by atoms with E-state index in [1.807, 2.05) is 19.8 Å². The first-order chi connectivity index (χ1) is 3.93. The number of rotatable bonds is 2. The van der Waals surface area contributed by atoms with Gasteiger partial charge in [0.2, 0.25) is 0 Å². The van der Waals surface area contributed by atoms with Crippen molar-refractivity contribution in [3.05, 3.63) is 24.7 Å². The average Bonchev–Trinajstić information content (AvgIpc) is 2.19. The molecule has 1 aliphatic heterocycles. The number of hydrogen-bond donors (Lipinski definition) is 0. The number of allylic oxidation sites excluding steroid dienone is 2. The van der Waals surface area contributed by atoms with Crippen molar-refractivity contribution in [1.29, 1.82) is 0 Å². The van der Waals surface area contributed by atoms with Crippen LogP contribution in [0.25, 0.3) is 0 Å². The molecule has 0 radical (unpaired) electrons. The molecule has 0 aromatic heterocycles. The van der Waals surface area contributed by atoms with Crippen molar-refractivity contribution in [3.8, 4) is 0 Å². The van der Waals surface area contributed by atoms with E-state index in [2.05, 4.69) is 8.30 Å². The van der Waals surface area contributed by atoms with Crippen molar-refractivity contribution in [3.63, 3.8) is 0 Å². The minimum atomic E-state index is -2.03. The molecule has 0 saturated heterocycles. The van der Waals surface area contributed by atoms with Gasteiger partial charge >= 0.3 is 54.9 Å². The first-order valence-electron chi connectivity index (χ1n) is 2.27. The summed E-state index contributed by atoms with van der Waals surface area (Å²) in [5, 5.41) is 2.36. The van der Waals surface area contributed by atoms with Crippen LogP contribution in [0.5, 0.6) is 0 Å². The summed E-state index contributed by atoms with van der Waals surface area (Å²) >= 11 is -2.03. The van der Waals surface area contributed by atoms with Gasteiger partial charge in [0.15, 0.2) is 0 Å². The van der Waals surface area contributed by atoms with E-state index in [0.29, 0.717) is 0 Å². The second-order valence-corrected chi connectivity index (χ2v) is 6.87. The van der Waals surface area contributed by atoms with Gasteiger partial charge in [0.25, 0.3) is 0 Å². The Balaban J connectivity index is 2.37. The molecule has 0 atom stereocenters. The van der Waals surface area contributed by atoms with Crippen LogP contribution in [0.2, 0.25) is 0 Å². The van der Waals surface area contributed by atoms with Crippen LogP contribution in [-0.2, 0) is 2.96 Å². The predicted molar refractivity (Wildman–Crippen MR) is 30.9 cm³/mol. The molecule has 1 heterocycles. The number of hydrogen-bond acceptors (Lipinski definition) is 3. The van der Waals surface area contributed by atoms with E-state index in [1.165, 1.54) is 0 Å². The molecule has 0 aromatic rings. The van der Waals surface area contributed by atoms with E-state index >= 15 is 0 Å². The molecule has 0 fully saturated rings. The normalized spacial score (nSPS) is 14.8. The molecular weight excluding hydrogens is 209 g/mol. The molecule has 4 heteroatoms. The summed E-state index contributed by atoms with van der Waals surface area (Å²) in [5.74, 6) is 0. The summed E-state index contributed by atoms with van der Waals surface area (Å²) in [6, 6.07) is 0. The van der Waals surface area contributed by atoms with Crippen LogP contribution < -0.4 is 0 Å². The Labute approximate surface area is 55.1 Å². The fourth-order valence-corrected chi connectivity index (χ4v) is 3.56. The second-order valence-electron chi connectivity index (χ2n) is 1.41. The standard InChI is InChI=1S/C4H4.In.HNO2/c1-3-4-2;;2-1-3/h1-4H;;(H,2,3)/q;+1;/p-1. The second kappa shape index (κ2) is 2.91. The van der Waals surface area contributed by atoms with Crippen molar-refractivity contribution in [1.82, 2.24) is 0 Å². The molecule has 8 heavy (non-hydrogen) atoms. The summed E-state index contributed by atoms with van der Waals surface area (Å²) < 4.78 is 8.40. The van der Waals surface area contributed by atoms with Gasteiger partial charge in [-0.25, -0.2) is 0 Å². The zero-order chi connectivity index (χ0) is 5.82. The molecule has 1 rings (SSSR count). The predicted octanol–water partition coefficient (Wildman–Crippen LogP) is 0.880. The summed E-state index contributed by atoms with van der Waals surface area (Å²) in [6.07, 6.45) is 3.79. The average molecular weight is 213 g/mol. The molecule has 1 aliphatic rings. The first-order valence-corrected chi connectivity index (χ1v) is 7.42.